The summed E-state index contributed by atoms with van der Waals surface area (Å²) in [5.74, 6) is -2.35. The van der Waals surface area contributed by atoms with E-state index >= 15 is 0 Å². The fraction of sp³-hybridized carbons (Fsp3) is 0.500. The third kappa shape index (κ3) is 5.13. The number of nitrogens with zero attached hydrogens (tertiary/aromatic N) is 3. The van der Waals surface area contributed by atoms with Crippen LogP contribution in [0.1, 0.15) is 57.2 Å². The number of thiophene rings is 1. The molecular formula is C20H26N4O7S. The van der Waals surface area contributed by atoms with Crippen LogP contribution in [0.3, 0.4) is 0 Å². The van der Waals surface area contributed by atoms with E-state index in [0.29, 0.717) is 17.7 Å². The first-order chi connectivity index (χ1) is 15.0. The van der Waals surface area contributed by atoms with E-state index in [2.05, 4.69) is 10.4 Å². The number of carbonyl (C=O) groups excluding carboxylic acids is 3. The molecule has 0 saturated carbocycles. The van der Waals surface area contributed by atoms with Gasteiger partial charge in [0.1, 0.15) is 21.3 Å². The Morgan fingerprint density at radius 1 is 1.25 bits per heavy atom. The van der Waals surface area contributed by atoms with E-state index in [1.54, 1.807) is 20.8 Å². The maximum Gasteiger partial charge on any atom is 0.348 e. The normalized spacial score (nSPS) is 11.7. The number of rotatable bonds is 9. The molecule has 12 heteroatoms. The number of hydrogen-bond donors (Lipinski definition) is 1. The van der Waals surface area contributed by atoms with Crippen LogP contribution in [-0.4, -0.2) is 46.3 Å². The zero-order chi connectivity index (χ0) is 24.2. The molecule has 0 aliphatic carbocycles. The van der Waals surface area contributed by atoms with Crippen molar-refractivity contribution in [3.05, 3.63) is 37.5 Å². The van der Waals surface area contributed by atoms with Gasteiger partial charge in [0, 0.05) is 0 Å². The lowest BCUT2D eigenvalue weighted by Crippen LogP contribution is -2.25. The van der Waals surface area contributed by atoms with Crippen LogP contribution in [0.2, 0.25) is 0 Å². The average molecular weight is 467 g/mol. The number of methoxy groups -OCH3 is 1. The largest absolute Gasteiger partial charge is 0.465 e. The Morgan fingerprint density at radius 2 is 1.91 bits per heavy atom. The van der Waals surface area contributed by atoms with Crippen molar-refractivity contribution < 1.29 is 28.8 Å². The lowest BCUT2D eigenvalue weighted by Gasteiger charge is -2.13. The number of esters is 2. The summed E-state index contributed by atoms with van der Waals surface area (Å²) in [4.78, 5) is 48.4. The van der Waals surface area contributed by atoms with E-state index in [1.807, 2.05) is 6.92 Å². The number of aromatic nitrogens is 2. The van der Waals surface area contributed by atoms with Crippen LogP contribution in [-0.2, 0) is 20.8 Å². The SMILES string of the molecule is CCCOC(=O)c1c(NC(=O)C(C)Cn2nc(C)c([N+](=O)[O-])c2C)sc(C(=O)OC)c1C. The third-order valence-corrected chi connectivity index (χ3v) is 6.00. The Kier molecular flexibility index (Phi) is 8.08. The van der Waals surface area contributed by atoms with Gasteiger partial charge in [0.05, 0.1) is 36.7 Å². The molecule has 0 saturated heterocycles. The molecule has 11 nitrogen and oxygen atoms in total. The second kappa shape index (κ2) is 10.4. The van der Waals surface area contributed by atoms with Crippen molar-refractivity contribution in [2.45, 2.75) is 47.6 Å². The summed E-state index contributed by atoms with van der Waals surface area (Å²) in [6.07, 6.45) is 0.617. The first kappa shape index (κ1) is 25.0. The maximum absolute atomic E-state index is 12.9. The van der Waals surface area contributed by atoms with Gasteiger partial charge in [-0.2, -0.15) is 5.10 Å². The maximum atomic E-state index is 12.9. The number of amides is 1. The number of ether oxygens (including phenoxy) is 2. The van der Waals surface area contributed by atoms with Crippen LogP contribution in [0.25, 0.3) is 0 Å². The van der Waals surface area contributed by atoms with Gasteiger partial charge in [-0.3, -0.25) is 19.6 Å². The second-order valence-corrected chi connectivity index (χ2v) is 8.26. The Labute approximate surface area is 188 Å². The molecule has 1 atom stereocenters. The van der Waals surface area contributed by atoms with Crippen molar-refractivity contribution in [2.24, 2.45) is 5.92 Å². The van der Waals surface area contributed by atoms with Crippen molar-refractivity contribution in [2.75, 3.05) is 19.0 Å². The summed E-state index contributed by atoms with van der Waals surface area (Å²) in [5.41, 5.74) is 0.981. The van der Waals surface area contributed by atoms with E-state index in [4.69, 9.17) is 9.47 Å². The molecule has 2 aromatic heterocycles. The van der Waals surface area contributed by atoms with Gasteiger partial charge < -0.3 is 14.8 Å². The van der Waals surface area contributed by atoms with E-state index in [9.17, 15) is 24.5 Å². The molecule has 32 heavy (non-hydrogen) atoms. The van der Waals surface area contributed by atoms with Gasteiger partial charge in [-0.15, -0.1) is 11.3 Å². The molecule has 1 N–H and O–H groups in total. The molecule has 0 radical (unpaired) electrons. The minimum Gasteiger partial charge on any atom is -0.465 e. The van der Waals surface area contributed by atoms with Gasteiger partial charge in [0.25, 0.3) is 0 Å². The monoisotopic (exact) mass is 466 g/mol. The van der Waals surface area contributed by atoms with Gasteiger partial charge >= 0.3 is 17.6 Å². The summed E-state index contributed by atoms with van der Waals surface area (Å²) < 4.78 is 11.4. The van der Waals surface area contributed by atoms with E-state index < -0.39 is 28.7 Å². The molecule has 174 valence electrons. The number of hydrogen-bond acceptors (Lipinski definition) is 9. The lowest BCUT2D eigenvalue weighted by molar-refractivity contribution is -0.386. The topological polar surface area (TPSA) is 143 Å². The number of nitro groups is 1. The highest BCUT2D eigenvalue weighted by Gasteiger charge is 2.29. The van der Waals surface area contributed by atoms with Gasteiger partial charge in [-0.1, -0.05) is 13.8 Å². The van der Waals surface area contributed by atoms with E-state index in [-0.39, 0.29) is 40.0 Å². The quantitative estimate of drug-likeness (QED) is 0.336. The van der Waals surface area contributed by atoms with Crippen LogP contribution < -0.4 is 5.32 Å². The molecular weight excluding hydrogens is 440 g/mol. The highest BCUT2D eigenvalue weighted by atomic mass is 32.1. The Balaban J connectivity index is 2.30. The molecule has 1 amide bonds. The summed E-state index contributed by atoms with van der Waals surface area (Å²) in [5, 5.41) is 18.2. The highest BCUT2D eigenvalue weighted by Crippen LogP contribution is 2.34. The van der Waals surface area contributed by atoms with Crippen molar-refractivity contribution in [1.29, 1.82) is 0 Å². The van der Waals surface area contributed by atoms with Crippen molar-refractivity contribution >= 4 is 39.9 Å². The summed E-state index contributed by atoms with van der Waals surface area (Å²) in [6.45, 7) is 8.45. The zero-order valence-electron chi connectivity index (χ0n) is 18.8. The predicted octanol–water partition coefficient (Wildman–Crippen LogP) is 3.41. The molecule has 2 heterocycles. The van der Waals surface area contributed by atoms with Crippen molar-refractivity contribution in [3.63, 3.8) is 0 Å². The number of nitrogens with one attached hydrogen (secondary N) is 1. The first-order valence-electron chi connectivity index (χ1n) is 9.91. The highest BCUT2D eigenvalue weighted by molar-refractivity contribution is 7.18. The molecule has 1 unspecified atom stereocenters. The van der Waals surface area contributed by atoms with Crippen LogP contribution >= 0.6 is 11.3 Å². The smallest absolute Gasteiger partial charge is 0.348 e. The number of aryl methyl sites for hydroxylation is 1. The summed E-state index contributed by atoms with van der Waals surface area (Å²) >= 11 is 0.927. The molecule has 2 aromatic rings. The molecule has 0 aliphatic rings. The molecule has 0 fully saturated rings. The molecule has 0 aliphatic heterocycles. The second-order valence-electron chi connectivity index (χ2n) is 7.24. The summed E-state index contributed by atoms with van der Waals surface area (Å²) in [7, 11) is 1.23. The van der Waals surface area contributed by atoms with Gasteiger partial charge in [-0.25, -0.2) is 9.59 Å². The standard InChI is InChI=1S/C20H26N4O7S/c1-7-8-31-19(26)14-11(3)16(20(27)30-6)32-18(14)21-17(25)10(2)9-23-13(5)15(24(28)29)12(4)22-23/h10H,7-9H2,1-6H3,(H,21,25). The fourth-order valence-corrected chi connectivity index (χ4v) is 4.22. The van der Waals surface area contributed by atoms with Gasteiger partial charge in [0.2, 0.25) is 5.91 Å². The Morgan fingerprint density at radius 3 is 2.44 bits per heavy atom. The Hall–Kier alpha value is -3.28. The Bertz CT molecular complexity index is 1060. The predicted molar refractivity (Wildman–Crippen MR) is 117 cm³/mol. The average Bonchev–Trinajstić information content (AvgIpc) is 3.20. The number of anilines is 1. The number of carbonyl (C=O) groups is 3. The van der Waals surface area contributed by atoms with Gasteiger partial charge in [0.15, 0.2) is 0 Å². The van der Waals surface area contributed by atoms with Crippen LogP contribution in [0.5, 0.6) is 0 Å². The first-order valence-corrected chi connectivity index (χ1v) is 10.7. The van der Waals surface area contributed by atoms with E-state index in [1.165, 1.54) is 18.7 Å². The van der Waals surface area contributed by atoms with Crippen molar-refractivity contribution in [1.82, 2.24) is 9.78 Å². The molecule has 0 aromatic carbocycles. The van der Waals surface area contributed by atoms with E-state index in [0.717, 1.165) is 11.3 Å². The summed E-state index contributed by atoms with van der Waals surface area (Å²) in [6, 6.07) is 0. The molecule has 2 rings (SSSR count). The fourth-order valence-electron chi connectivity index (χ4n) is 3.11. The minimum absolute atomic E-state index is 0.0878. The van der Waals surface area contributed by atoms with Gasteiger partial charge in [-0.05, 0) is 32.8 Å². The minimum atomic E-state index is -0.645. The van der Waals surface area contributed by atoms with Crippen LogP contribution in [0.4, 0.5) is 10.7 Å². The zero-order valence-corrected chi connectivity index (χ0v) is 19.6. The van der Waals surface area contributed by atoms with Crippen LogP contribution in [0.15, 0.2) is 0 Å². The van der Waals surface area contributed by atoms with Crippen LogP contribution in [0, 0.1) is 36.8 Å². The molecule has 0 bridgehead atoms. The van der Waals surface area contributed by atoms with Crippen molar-refractivity contribution in [3.8, 4) is 0 Å². The third-order valence-electron chi connectivity index (χ3n) is 4.82. The lowest BCUT2D eigenvalue weighted by atomic mass is 10.1. The molecule has 0 spiro atoms.